The highest BCUT2D eigenvalue weighted by Crippen LogP contribution is 2.18. The lowest BCUT2D eigenvalue weighted by molar-refractivity contribution is -0.124. The molecule has 1 aromatic carbocycles. The second-order valence-corrected chi connectivity index (χ2v) is 6.61. The standard InChI is InChI=1S/C20H20N4O5/c25-17(9-10-18-23-19(24-29-18)15-3-1-11-27-15)21-13-5-7-14(8-6-13)22-20(26)16-4-2-12-28-16/h1,3,5-8,11,16H,2,4,9-10,12H2,(H,21,25)(H,22,26). The van der Waals surface area contributed by atoms with E-state index in [0.717, 1.165) is 12.8 Å². The van der Waals surface area contributed by atoms with Crippen molar-refractivity contribution < 1.29 is 23.3 Å². The number of nitrogens with zero attached hydrogens (tertiary/aromatic N) is 2. The van der Waals surface area contributed by atoms with Gasteiger partial charge < -0.3 is 24.3 Å². The van der Waals surface area contributed by atoms with Crippen LogP contribution in [-0.2, 0) is 20.7 Å². The van der Waals surface area contributed by atoms with Crippen molar-refractivity contribution in [2.24, 2.45) is 0 Å². The first-order valence-corrected chi connectivity index (χ1v) is 9.36. The van der Waals surface area contributed by atoms with E-state index in [9.17, 15) is 9.59 Å². The van der Waals surface area contributed by atoms with Gasteiger partial charge in [0.25, 0.3) is 5.91 Å². The van der Waals surface area contributed by atoms with Crippen molar-refractivity contribution in [3.05, 3.63) is 48.6 Å². The fourth-order valence-electron chi connectivity index (χ4n) is 2.95. The molecule has 3 aromatic rings. The van der Waals surface area contributed by atoms with Crippen LogP contribution in [0.2, 0.25) is 0 Å². The highest BCUT2D eigenvalue weighted by atomic mass is 16.5. The molecule has 2 aromatic heterocycles. The normalized spacial score (nSPS) is 15.9. The summed E-state index contributed by atoms with van der Waals surface area (Å²) in [4.78, 5) is 28.4. The molecule has 2 amide bonds. The number of aryl methyl sites for hydroxylation is 1. The number of furan rings is 1. The zero-order valence-corrected chi connectivity index (χ0v) is 15.6. The van der Waals surface area contributed by atoms with Crippen LogP contribution >= 0.6 is 0 Å². The van der Waals surface area contributed by atoms with Crippen molar-refractivity contribution >= 4 is 23.2 Å². The van der Waals surface area contributed by atoms with Crippen molar-refractivity contribution in [2.45, 2.75) is 31.8 Å². The molecule has 0 radical (unpaired) electrons. The van der Waals surface area contributed by atoms with Gasteiger partial charge in [0.15, 0.2) is 5.76 Å². The number of carbonyl (C=O) groups excluding carboxylic acids is 2. The number of anilines is 2. The van der Waals surface area contributed by atoms with Crippen molar-refractivity contribution in [2.75, 3.05) is 17.2 Å². The summed E-state index contributed by atoms with van der Waals surface area (Å²) in [5.41, 5.74) is 1.28. The number of hydrogen-bond acceptors (Lipinski definition) is 7. The number of ether oxygens (including phenoxy) is 1. The van der Waals surface area contributed by atoms with Gasteiger partial charge in [0.05, 0.1) is 6.26 Å². The molecule has 9 nitrogen and oxygen atoms in total. The Morgan fingerprint density at radius 3 is 2.59 bits per heavy atom. The minimum absolute atomic E-state index is 0.146. The third-order valence-electron chi connectivity index (χ3n) is 4.43. The zero-order chi connectivity index (χ0) is 20.1. The van der Waals surface area contributed by atoms with E-state index < -0.39 is 0 Å². The van der Waals surface area contributed by atoms with Crippen LogP contribution in [0.25, 0.3) is 11.6 Å². The first-order chi connectivity index (χ1) is 14.2. The maximum Gasteiger partial charge on any atom is 0.253 e. The van der Waals surface area contributed by atoms with E-state index in [1.165, 1.54) is 6.26 Å². The molecule has 1 unspecified atom stereocenters. The summed E-state index contributed by atoms with van der Waals surface area (Å²) in [5.74, 6) is 0.896. The number of benzene rings is 1. The molecule has 1 aliphatic rings. The van der Waals surface area contributed by atoms with Gasteiger partial charge in [-0.15, -0.1) is 0 Å². The summed E-state index contributed by atoms with van der Waals surface area (Å²) in [7, 11) is 0. The molecule has 9 heteroatoms. The van der Waals surface area contributed by atoms with E-state index in [2.05, 4.69) is 20.8 Å². The molecular weight excluding hydrogens is 376 g/mol. The third-order valence-corrected chi connectivity index (χ3v) is 4.43. The fraction of sp³-hybridized carbons (Fsp3) is 0.300. The number of rotatable bonds is 7. The molecule has 0 aliphatic carbocycles. The molecule has 1 saturated heterocycles. The van der Waals surface area contributed by atoms with Gasteiger partial charge in [-0.25, -0.2) is 0 Å². The Labute approximate surface area is 166 Å². The first kappa shape index (κ1) is 18.9. The number of nitrogens with one attached hydrogen (secondary N) is 2. The molecular formula is C20H20N4O5. The molecule has 4 rings (SSSR count). The Bertz CT molecular complexity index is 959. The quantitative estimate of drug-likeness (QED) is 0.630. The summed E-state index contributed by atoms with van der Waals surface area (Å²) in [5, 5.41) is 9.44. The number of carbonyl (C=O) groups is 2. The maximum atomic E-state index is 12.2. The third kappa shape index (κ3) is 4.88. The lowest BCUT2D eigenvalue weighted by Gasteiger charge is -2.11. The van der Waals surface area contributed by atoms with Crippen LogP contribution in [0.3, 0.4) is 0 Å². The highest BCUT2D eigenvalue weighted by molar-refractivity contribution is 5.95. The average molecular weight is 396 g/mol. The molecule has 3 heterocycles. The summed E-state index contributed by atoms with van der Waals surface area (Å²) in [6.45, 7) is 0.622. The zero-order valence-electron chi connectivity index (χ0n) is 15.6. The van der Waals surface area contributed by atoms with E-state index in [0.29, 0.717) is 41.9 Å². The number of amides is 2. The van der Waals surface area contributed by atoms with Gasteiger partial charge in [-0.3, -0.25) is 9.59 Å². The lowest BCUT2D eigenvalue weighted by atomic mass is 10.2. The monoisotopic (exact) mass is 396 g/mol. The van der Waals surface area contributed by atoms with E-state index in [4.69, 9.17) is 13.7 Å². The summed E-state index contributed by atoms with van der Waals surface area (Å²) in [6, 6.07) is 10.4. The Morgan fingerprint density at radius 2 is 1.90 bits per heavy atom. The SMILES string of the molecule is O=C(CCc1nc(-c2ccco2)no1)Nc1ccc(NC(=O)C2CCCO2)cc1. The lowest BCUT2D eigenvalue weighted by Crippen LogP contribution is -2.26. The van der Waals surface area contributed by atoms with Crippen LogP contribution in [-0.4, -0.2) is 34.7 Å². The number of aromatic nitrogens is 2. The second kappa shape index (κ2) is 8.70. The highest BCUT2D eigenvalue weighted by Gasteiger charge is 2.23. The second-order valence-electron chi connectivity index (χ2n) is 6.61. The molecule has 1 fully saturated rings. The smallest absolute Gasteiger partial charge is 0.253 e. The van der Waals surface area contributed by atoms with E-state index >= 15 is 0 Å². The van der Waals surface area contributed by atoms with Crippen LogP contribution in [0.5, 0.6) is 0 Å². The van der Waals surface area contributed by atoms with Crippen LogP contribution in [0, 0.1) is 0 Å². The van der Waals surface area contributed by atoms with Crippen LogP contribution < -0.4 is 10.6 Å². The van der Waals surface area contributed by atoms with Crippen LogP contribution in [0.1, 0.15) is 25.2 Å². The summed E-state index contributed by atoms with van der Waals surface area (Å²) in [6.07, 6.45) is 3.29. The van der Waals surface area contributed by atoms with Crippen LogP contribution in [0.4, 0.5) is 11.4 Å². The van der Waals surface area contributed by atoms with Gasteiger partial charge in [-0.1, -0.05) is 5.16 Å². The van der Waals surface area contributed by atoms with E-state index in [-0.39, 0.29) is 24.3 Å². The largest absolute Gasteiger partial charge is 0.461 e. The molecule has 1 atom stereocenters. The summed E-state index contributed by atoms with van der Waals surface area (Å²) >= 11 is 0. The molecule has 29 heavy (non-hydrogen) atoms. The Hall–Kier alpha value is -3.46. The van der Waals surface area contributed by atoms with Gasteiger partial charge in [0.1, 0.15) is 6.10 Å². The predicted octanol–water partition coefficient (Wildman–Crippen LogP) is 3.02. The van der Waals surface area contributed by atoms with Crippen molar-refractivity contribution in [3.63, 3.8) is 0 Å². The van der Waals surface area contributed by atoms with E-state index in [1.54, 1.807) is 36.4 Å². The molecule has 2 N–H and O–H groups in total. The molecule has 0 bridgehead atoms. The van der Waals surface area contributed by atoms with E-state index in [1.807, 2.05) is 0 Å². The summed E-state index contributed by atoms with van der Waals surface area (Å²) < 4.78 is 15.7. The minimum atomic E-state index is -0.382. The Morgan fingerprint density at radius 1 is 1.10 bits per heavy atom. The fourth-order valence-corrected chi connectivity index (χ4v) is 2.95. The minimum Gasteiger partial charge on any atom is -0.461 e. The van der Waals surface area contributed by atoms with Gasteiger partial charge in [0, 0.05) is 30.8 Å². The Kier molecular flexibility index (Phi) is 5.66. The number of hydrogen-bond donors (Lipinski definition) is 2. The molecule has 0 saturated carbocycles. The van der Waals surface area contributed by atoms with Crippen molar-refractivity contribution in [3.8, 4) is 11.6 Å². The maximum absolute atomic E-state index is 12.2. The van der Waals surface area contributed by atoms with Crippen molar-refractivity contribution in [1.82, 2.24) is 10.1 Å². The van der Waals surface area contributed by atoms with Gasteiger partial charge >= 0.3 is 0 Å². The molecule has 0 spiro atoms. The van der Waals surface area contributed by atoms with Crippen LogP contribution in [0.15, 0.2) is 51.6 Å². The first-order valence-electron chi connectivity index (χ1n) is 9.36. The van der Waals surface area contributed by atoms with Gasteiger partial charge in [0.2, 0.25) is 17.6 Å². The molecule has 150 valence electrons. The topological polar surface area (TPSA) is 119 Å². The average Bonchev–Trinajstić information content (AvgIpc) is 3.50. The van der Waals surface area contributed by atoms with Gasteiger partial charge in [-0.2, -0.15) is 4.98 Å². The predicted molar refractivity (Wildman–Crippen MR) is 103 cm³/mol. The van der Waals surface area contributed by atoms with Gasteiger partial charge in [-0.05, 0) is 49.2 Å². The van der Waals surface area contributed by atoms with Crippen molar-refractivity contribution in [1.29, 1.82) is 0 Å². The molecule has 1 aliphatic heterocycles. The Balaban J connectivity index is 1.24.